The summed E-state index contributed by atoms with van der Waals surface area (Å²) in [6.45, 7) is 6.66. The van der Waals surface area contributed by atoms with E-state index in [1.807, 2.05) is 0 Å². The van der Waals surface area contributed by atoms with E-state index in [4.69, 9.17) is 4.74 Å². The monoisotopic (exact) mass is 312 g/mol. The second kappa shape index (κ2) is 7.83. The number of alkyl halides is 1. The van der Waals surface area contributed by atoms with Gasteiger partial charge in [0.1, 0.15) is 5.75 Å². The lowest BCUT2D eigenvalue weighted by molar-refractivity contribution is 0.392. The molecule has 0 N–H and O–H groups in total. The van der Waals surface area contributed by atoms with Gasteiger partial charge < -0.3 is 4.74 Å². The van der Waals surface area contributed by atoms with Gasteiger partial charge in [0, 0.05) is 10.4 Å². The van der Waals surface area contributed by atoms with E-state index in [1.165, 1.54) is 36.8 Å². The maximum atomic E-state index is 5.50. The van der Waals surface area contributed by atoms with Crippen LogP contribution in [0.1, 0.15) is 55.5 Å². The molecule has 102 valence electrons. The molecule has 2 heteroatoms. The average molecular weight is 313 g/mol. The van der Waals surface area contributed by atoms with Gasteiger partial charge in [-0.15, -0.1) is 0 Å². The maximum Gasteiger partial charge on any atom is 0.123 e. The summed E-state index contributed by atoms with van der Waals surface area (Å²) in [5.41, 5.74) is 2.59. The molecule has 0 aliphatic rings. The van der Waals surface area contributed by atoms with E-state index in [0.717, 1.165) is 5.75 Å². The van der Waals surface area contributed by atoms with E-state index in [0.29, 0.717) is 10.7 Å². The number of hydrogen-bond donors (Lipinski definition) is 0. The van der Waals surface area contributed by atoms with Gasteiger partial charge in [-0.1, -0.05) is 60.3 Å². The van der Waals surface area contributed by atoms with Crippen molar-refractivity contribution in [2.45, 2.75) is 51.3 Å². The van der Waals surface area contributed by atoms with Crippen molar-refractivity contribution in [3.63, 3.8) is 0 Å². The van der Waals surface area contributed by atoms with Crippen LogP contribution in [0.4, 0.5) is 0 Å². The first-order valence-corrected chi connectivity index (χ1v) is 7.84. The van der Waals surface area contributed by atoms with Gasteiger partial charge in [-0.3, -0.25) is 0 Å². The Morgan fingerprint density at radius 1 is 1.17 bits per heavy atom. The van der Waals surface area contributed by atoms with E-state index in [2.05, 4.69) is 54.9 Å². The lowest BCUT2D eigenvalue weighted by Gasteiger charge is -2.24. The molecule has 1 atom stereocenters. The molecule has 0 spiro atoms. The molecule has 0 saturated heterocycles. The van der Waals surface area contributed by atoms with Crippen LogP contribution in [-0.4, -0.2) is 7.11 Å². The summed E-state index contributed by atoms with van der Waals surface area (Å²) in [7, 11) is 1.75. The van der Waals surface area contributed by atoms with Crippen LogP contribution in [0.2, 0.25) is 0 Å². The van der Waals surface area contributed by atoms with Crippen LogP contribution >= 0.6 is 15.9 Å². The number of aryl methyl sites for hydroxylation is 1. The first-order valence-electron chi connectivity index (χ1n) is 6.92. The van der Waals surface area contributed by atoms with Gasteiger partial charge in [0.05, 0.1) is 7.11 Å². The summed E-state index contributed by atoms with van der Waals surface area (Å²) >= 11 is 3.90. The SMILES string of the molecule is CCCC(CCC)C(Br)c1cc(C)ccc1OC. The highest BCUT2D eigenvalue weighted by atomic mass is 79.9. The van der Waals surface area contributed by atoms with Crippen LogP contribution in [0.25, 0.3) is 0 Å². The quantitative estimate of drug-likeness (QED) is 0.590. The largest absolute Gasteiger partial charge is 0.496 e. The van der Waals surface area contributed by atoms with Gasteiger partial charge >= 0.3 is 0 Å². The zero-order chi connectivity index (χ0) is 13.5. The summed E-state index contributed by atoms with van der Waals surface area (Å²) in [6, 6.07) is 6.43. The minimum atomic E-state index is 0.396. The molecule has 0 aliphatic heterocycles. The second-order valence-electron chi connectivity index (χ2n) is 4.98. The van der Waals surface area contributed by atoms with E-state index in [1.54, 1.807) is 7.11 Å². The molecule has 1 unspecified atom stereocenters. The summed E-state index contributed by atoms with van der Waals surface area (Å²) in [5.74, 6) is 1.69. The highest BCUT2D eigenvalue weighted by Gasteiger charge is 2.22. The second-order valence-corrected chi connectivity index (χ2v) is 5.97. The number of methoxy groups -OCH3 is 1. The van der Waals surface area contributed by atoms with Crippen LogP contribution in [0.15, 0.2) is 18.2 Å². The van der Waals surface area contributed by atoms with E-state index < -0.39 is 0 Å². The Morgan fingerprint density at radius 3 is 2.28 bits per heavy atom. The summed E-state index contributed by atoms with van der Waals surface area (Å²) in [5, 5.41) is 0. The molecule has 0 aromatic heterocycles. The normalized spacial score (nSPS) is 12.8. The van der Waals surface area contributed by atoms with Gasteiger partial charge in [-0.05, 0) is 31.7 Å². The molecule has 1 aromatic carbocycles. The lowest BCUT2D eigenvalue weighted by Crippen LogP contribution is -2.09. The molecule has 0 radical (unpaired) electrons. The molecular formula is C16H25BrO. The van der Waals surface area contributed by atoms with Gasteiger partial charge in [0.15, 0.2) is 0 Å². The van der Waals surface area contributed by atoms with Crippen molar-refractivity contribution >= 4 is 15.9 Å². The standard InChI is InChI=1S/C16H25BrO/c1-5-7-13(8-6-2)16(17)14-11-12(3)9-10-15(14)18-4/h9-11,13,16H,5-8H2,1-4H3. The summed E-state index contributed by atoms with van der Waals surface area (Å²) < 4.78 is 5.50. The Kier molecular flexibility index (Phi) is 6.77. The molecule has 0 bridgehead atoms. The highest BCUT2D eigenvalue weighted by Crippen LogP contribution is 2.41. The maximum absolute atomic E-state index is 5.50. The fraction of sp³-hybridized carbons (Fsp3) is 0.625. The third-order valence-corrected chi connectivity index (χ3v) is 4.66. The number of benzene rings is 1. The van der Waals surface area contributed by atoms with Gasteiger partial charge in [-0.2, -0.15) is 0 Å². The first-order chi connectivity index (χ1) is 8.63. The Balaban J connectivity index is 2.98. The Labute approximate surface area is 120 Å². The molecule has 0 amide bonds. The van der Waals surface area contributed by atoms with Crippen LogP contribution in [0, 0.1) is 12.8 Å². The van der Waals surface area contributed by atoms with Crippen molar-refractivity contribution in [1.29, 1.82) is 0 Å². The number of ether oxygens (including phenoxy) is 1. The highest BCUT2D eigenvalue weighted by molar-refractivity contribution is 9.09. The summed E-state index contributed by atoms with van der Waals surface area (Å²) in [4.78, 5) is 0.396. The zero-order valence-electron chi connectivity index (χ0n) is 12.0. The topological polar surface area (TPSA) is 9.23 Å². The van der Waals surface area contributed by atoms with Crippen molar-refractivity contribution < 1.29 is 4.74 Å². The van der Waals surface area contributed by atoms with Crippen LogP contribution in [0.5, 0.6) is 5.75 Å². The Morgan fingerprint density at radius 2 is 1.78 bits per heavy atom. The van der Waals surface area contributed by atoms with Gasteiger partial charge in [0.2, 0.25) is 0 Å². The van der Waals surface area contributed by atoms with Crippen molar-refractivity contribution in [2.24, 2.45) is 5.92 Å². The molecule has 1 rings (SSSR count). The predicted octanol–water partition coefficient (Wildman–Crippen LogP) is 5.66. The minimum Gasteiger partial charge on any atom is -0.496 e. The molecule has 1 nitrogen and oxygen atoms in total. The lowest BCUT2D eigenvalue weighted by atomic mass is 9.90. The Hall–Kier alpha value is -0.500. The number of halogens is 1. The van der Waals surface area contributed by atoms with E-state index in [9.17, 15) is 0 Å². The van der Waals surface area contributed by atoms with E-state index >= 15 is 0 Å². The molecule has 0 saturated carbocycles. The van der Waals surface area contributed by atoms with Crippen molar-refractivity contribution in [1.82, 2.24) is 0 Å². The smallest absolute Gasteiger partial charge is 0.123 e. The van der Waals surface area contributed by atoms with Gasteiger partial charge in [0.25, 0.3) is 0 Å². The van der Waals surface area contributed by atoms with Gasteiger partial charge in [-0.25, -0.2) is 0 Å². The predicted molar refractivity (Wildman–Crippen MR) is 82.7 cm³/mol. The van der Waals surface area contributed by atoms with Crippen molar-refractivity contribution in [3.8, 4) is 5.75 Å². The fourth-order valence-corrected chi connectivity index (χ4v) is 3.39. The number of hydrogen-bond acceptors (Lipinski definition) is 1. The fourth-order valence-electron chi connectivity index (χ4n) is 2.50. The minimum absolute atomic E-state index is 0.396. The van der Waals surface area contributed by atoms with E-state index in [-0.39, 0.29) is 0 Å². The third kappa shape index (κ3) is 4.01. The molecular weight excluding hydrogens is 288 g/mol. The molecule has 0 heterocycles. The molecule has 18 heavy (non-hydrogen) atoms. The number of rotatable bonds is 7. The molecule has 0 aliphatic carbocycles. The van der Waals surface area contributed by atoms with Crippen LogP contribution in [-0.2, 0) is 0 Å². The summed E-state index contributed by atoms with van der Waals surface area (Å²) in [6.07, 6.45) is 5.00. The third-order valence-electron chi connectivity index (χ3n) is 3.42. The molecule has 1 aromatic rings. The van der Waals surface area contributed by atoms with Crippen molar-refractivity contribution in [3.05, 3.63) is 29.3 Å². The zero-order valence-corrected chi connectivity index (χ0v) is 13.6. The van der Waals surface area contributed by atoms with Crippen LogP contribution < -0.4 is 4.74 Å². The van der Waals surface area contributed by atoms with Crippen molar-refractivity contribution in [2.75, 3.05) is 7.11 Å². The Bertz CT molecular complexity index is 356. The molecule has 0 fully saturated rings. The first kappa shape index (κ1) is 15.6. The van der Waals surface area contributed by atoms with Crippen LogP contribution in [0.3, 0.4) is 0 Å². The average Bonchev–Trinajstić information content (AvgIpc) is 2.37.